The second kappa shape index (κ2) is 17.8. The average molecular weight is 767 g/mol. The van der Waals surface area contributed by atoms with Crippen LogP contribution in [0, 0.1) is 61.2 Å². The van der Waals surface area contributed by atoms with E-state index in [9.17, 15) is 19.2 Å². The molecule has 4 N–H and O–H groups in total. The zero-order valence-corrected chi connectivity index (χ0v) is 34.0. The maximum absolute atomic E-state index is 13.7. The van der Waals surface area contributed by atoms with E-state index in [4.69, 9.17) is 19.4 Å². The molecule has 4 amide bonds. The van der Waals surface area contributed by atoms with Gasteiger partial charge in [0.1, 0.15) is 35.1 Å². The SMILES string of the molecule is COC(=O)N[C@H](C(=O)N1C[C@@H](C)C[C@H]1c1nc(C)c(C#Cc2ccc(C#Cc3[nH]c([C@@H]4C[C@H](C)CN4C(=O)[C@H](NC(=O)OC)C(C)C)nc3C)cc2)[nH]1)C(C)C. The summed E-state index contributed by atoms with van der Waals surface area (Å²) >= 11 is 0. The maximum Gasteiger partial charge on any atom is 0.407 e. The number of aryl methyl sites for hydroxylation is 2. The summed E-state index contributed by atoms with van der Waals surface area (Å²) in [6.45, 7) is 16.7. The number of amides is 4. The molecule has 2 aliphatic heterocycles. The van der Waals surface area contributed by atoms with Crippen LogP contribution >= 0.6 is 0 Å². The largest absolute Gasteiger partial charge is 0.453 e. The molecule has 298 valence electrons. The number of imidazole rings is 2. The van der Waals surface area contributed by atoms with Gasteiger partial charge in [-0.2, -0.15) is 0 Å². The highest BCUT2D eigenvalue weighted by Crippen LogP contribution is 2.36. The summed E-state index contributed by atoms with van der Waals surface area (Å²) in [5.74, 6) is 14.1. The summed E-state index contributed by atoms with van der Waals surface area (Å²) in [7, 11) is 2.56. The smallest absolute Gasteiger partial charge is 0.407 e. The van der Waals surface area contributed by atoms with Gasteiger partial charge in [0.2, 0.25) is 11.8 Å². The molecular weight excluding hydrogens is 713 g/mol. The quantitative estimate of drug-likeness (QED) is 0.229. The topological polar surface area (TPSA) is 175 Å². The first kappa shape index (κ1) is 41.4. The third-order valence-corrected chi connectivity index (χ3v) is 10.4. The van der Waals surface area contributed by atoms with Crippen molar-refractivity contribution < 1.29 is 28.7 Å². The molecule has 14 nitrogen and oxygen atoms in total. The molecule has 6 atom stereocenters. The third-order valence-electron chi connectivity index (χ3n) is 10.4. The van der Waals surface area contributed by atoms with Crippen molar-refractivity contribution in [1.29, 1.82) is 0 Å². The second-order valence-electron chi connectivity index (χ2n) is 15.7. The number of carbonyl (C=O) groups excluding carboxylic acids is 4. The summed E-state index contributed by atoms with van der Waals surface area (Å²) in [6.07, 6.45) is 0.200. The van der Waals surface area contributed by atoms with Crippen molar-refractivity contribution in [2.75, 3.05) is 27.3 Å². The van der Waals surface area contributed by atoms with Crippen molar-refractivity contribution in [3.8, 4) is 23.7 Å². The van der Waals surface area contributed by atoms with E-state index in [-0.39, 0.29) is 47.6 Å². The average Bonchev–Trinajstić information content (AvgIpc) is 3.95. The molecule has 56 heavy (non-hydrogen) atoms. The van der Waals surface area contributed by atoms with Crippen LogP contribution in [0.3, 0.4) is 0 Å². The van der Waals surface area contributed by atoms with Gasteiger partial charge >= 0.3 is 12.2 Å². The van der Waals surface area contributed by atoms with Gasteiger partial charge in [-0.3, -0.25) is 9.59 Å². The highest BCUT2D eigenvalue weighted by atomic mass is 16.5. The van der Waals surface area contributed by atoms with Crippen LogP contribution in [-0.4, -0.2) is 93.1 Å². The molecule has 14 heteroatoms. The number of aromatic nitrogens is 4. The Balaban J connectivity index is 1.27. The summed E-state index contributed by atoms with van der Waals surface area (Å²) in [5, 5.41) is 5.39. The third kappa shape index (κ3) is 9.54. The molecule has 2 fully saturated rings. The molecule has 2 saturated heterocycles. The Morgan fingerprint density at radius 3 is 1.36 bits per heavy atom. The van der Waals surface area contributed by atoms with Crippen LogP contribution in [0.25, 0.3) is 0 Å². The van der Waals surface area contributed by atoms with Gasteiger partial charge in [-0.25, -0.2) is 19.6 Å². The van der Waals surface area contributed by atoms with Crippen LogP contribution in [0.15, 0.2) is 24.3 Å². The Kier molecular flexibility index (Phi) is 13.2. The van der Waals surface area contributed by atoms with Gasteiger partial charge in [-0.1, -0.05) is 53.4 Å². The Hall–Kier alpha value is -5.76. The van der Waals surface area contributed by atoms with E-state index in [1.54, 1.807) is 9.80 Å². The Morgan fingerprint density at radius 1 is 0.679 bits per heavy atom. The molecule has 0 saturated carbocycles. The Labute approximate surface area is 329 Å². The number of H-pyrrole nitrogens is 2. The van der Waals surface area contributed by atoms with Crippen LogP contribution in [0.5, 0.6) is 0 Å². The number of likely N-dealkylation sites (tertiary alicyclic amines) is 2. The number of alkyl carbamates (subject to hydrolysis) is 2. The fraction of sp³-hybridized carbons (Fsp3) is 0.524. The predicted molar refractivity (Wildman–Crippen MR) is 210 cm³/mol. The van der Waals surface area contributed by atoms with Crippen LogP contribution in [0.4, 0.5) is 9.59 Å². The van der Waals surface area contributed by atoms with Crippen LogP contribution in [-0.2, 0) is 19.1 Å². The van der Waals surface area contributed by atoms with Gasteiger partial charge in [-0.15, -0.1) is 0 Å². The Morgan fingerprint density at radius 2 is 1.04 bits per heavy atom. The minimum absolute atomic E-state index is 0.128. The van der Waals surface area contributed by atoms with E-state index >= 15 is 0 Å². The molecule has 0 bridgehead atoms. The summed E-state index contributed by atoms with van der Waals surface area (Å²) in [5.41, 5.74) is 4.42. The molecular formula is C42H54N8O6. The van der Waals surface area contributed by atoms with E-state index in [2.05, 4.69) is 58.1 Å². The van der Waals surface area contributed by atoms with Crippen LogP contribution in [0.1, 0.15) is 112 Å². The molecule has 1 aromatic carbocycles. The van der Waals surface area contributed by atoms with Gasteiger partial charge in [-0.05, 0) is 86.5 Å². The van der Waals surface area contributed by atoms with E-state index in [0.717, 1.165) is 35.4 Å². The highest BCUT2D eigenvalue weighted by Gasteiger charge is 2.41. The second-order valence-corrected chi connectivity index (χ2v) is 15.7. The first-order valence-electron chi connectivity index (χ1n) is 19.2. The van der Waals surface area contributed by atoms with Gasteiger partial charge in [0.15, 0.2) is 0 Å². The molecule has 2 aliphatic rings. The molecule has 0 unspecified atom stereocenters. The summed E-state index contributed by atoms with van der Waals surface area (Å²) < 4.78 is 9.53. The first-order chi connectivity index (χ1) is 26.6. The number of rotatable bonds is 8. The number of methoxy groups -OCH3 is 2. The molecule has 0 spiro atoms. The van der Waals surface area contributed by atoms with E-state index in [1.807, 2.05) is 65.8 Å². The van der Waals surface area contributed by atoms with Crippen molar-refractivity contribution in [3.05, 3.63) is 69.8 Å². The standard InChI is InChI=1S/C42H54N8O6/c1-23(2)35(47-41(53)55-9)39(51)49-21-25(5)19-33(49)37-43-27(7)31(45-37)17-15-29-11-13-30(14-12-29)16-18-32-28(8)44-38(46-32)34-20-26(6)22-50(34)40(52)36(24(3)4)48-42(54)56-10/h11-14,23-26,33-36H,19-22H2,1-10H3,(H,43,45)(H,44,46)(H,47,53)(H,48,54)/t25-,26-,33-,34-,35-,36+/m0/s1. The monoisotopic (exact) mass is 766 g/mol. The molecule has 0 aliphatic carbocycles. The zero-order valence-electron chi connectivity index (χ0n) is 34.0. The first-order valence-corrected chi connectivity index (χ1v) is 19.2. The molecule has 4 heterocycles. The number of benzene rings is 1. The lowest BCUT2D eigenvalue weighted by Gasteiger charge is -2.30. The lowest BCUT2D eigenvalue weighted by atomic mass is 10.0. The molecule has 3 aromatic rings. The highest BCUT2D eigenvalue weighted by molar-refractivity contribution is 5.87. The number of carbonyl (C=O) groups is 4. The Bertz CT molecular complexity index is 1900. The van der Waals surface area contributed by atoms with Gasteiger partial charge in [0.25, 0.3) is 0 Å². The van der Waals surface area contributed by atoms with Crippen molar-refractivity contribution in [2.45, 2.75) is 92.4 Å². The van der Waals surface area contributed by atoms with E-state index in [1.165, 1.54) is 14.2 Å². The van der Waals surface area contributed by atoms with Crippen molar-refractivity contribution in [2.24, 2.45) is 23.7 Å². The number of aromatic amines is 2. The zero-order chi connectivity index (χ0) is 40.8. The summed E-state index contributed by atoms with van der Waals surface area (Å²) in [6, 6.07) is 5.66. The van der Waals surface area contributed by atoms with Crippen molar-refractivity contribution in [3.63, 3.8) is 0 Å². The minimum atomic E-state index is -0.717. The number of ether oxygens (including phenoxy) is 2. The number of nitrogens with one attached hydrogen (secondary N) is 4. The molecule has 0 radical (unpaired) electrons. The van der Waals surface area contributed by atoms with E-state index in [0.29, 0.717) is 36.1 Å². The van der Waals surface area contributed by atoms with Gasteiger partial charge < -0.3 is 39.9 Å². The predicted octanol–water partition coefficient (Wildman–Crippen LogP) is 5.13. The van der Waals surface area contributed by atoms with Crippen molar-refractivity contribution >= 4 is 24.0 Å². The van der Waals surface area contributed by atoms with Gasteiger partial charge in [0, 0.05) is 24.2 Å². The van der Waals surface area contributed by atoms with Crippen LogP contribution in [0.2, 0.25) is 0 Å². The van der Waals surface area contributed by atoms with E-state index < -0.39 is 24.3 Å². The summed E-state index contributed by atoms with van der Waals surface area (Å²) in [4.78, 5) is 71.2. The molecule has 2 aromatic heterocycles. The van der Waals surface area contributed by atoms with Crippen molar-refractivity contribution in [1.82, 2.24) is 40.4 Å². The fourth-order valence-corrected chi connectivity index (χ4v) is 7.29. The van der Waals surface area contributed by atoms with Gasteiger partial charge in [0.05, 0.1) is 37.7 Å². The molecule has 5 rings (SSSR count). The lowest BCUT2D eigenvalue weighted by Crippen LogP contribution is -2.51. The van der Waals surface area contributed by atoms with Crippen LogP contribution < -0.4 is 10.6 Å². The number of hydrogen-bond donors (Lipinski definition) is 4. The maximum atomic E-state index is 13.7. The number of nitrogens with zero attached hydrogens (tertiary/aromatic N) is 4. The number of hydrogen-bond acceptors (Lipinski definition) is 8. The minimum Gasteiger partial charge on any atom is -0.453 e. The normalized spacial score (nSPS) is 20.1. The lowest BCUT2D eigenvalue weighted by molar-refractivity contribution is -0.136. The fourth-order valence-electron chi connectivity index (χ4n) is 7.29.